The van der Waals surface area contributed by atoms with E-state index in [4.69, 9.17) is 4.74 Å². The number of aromatic amines is 1. The van der Waals surface area contributed by atoms with Crippen molar-refractivity contribution in [1.82, 2.24) is 15.4 Å². The molecule has 0 saturated heterocycles. The molecule has 0 unspecified atom stereocenters. The van der Waals surface area contributed by atoms with Gasteiger partial charge in [0, 0.05) is 19.2 Å². The number of hydrogen-bond acceptors (Lipinski definition) is 4. The molecule has 5 nitrogen and oxygen atoms in total. The summed E-state index contributed by atoms with van der Waals surface area (Å²) in [5, 5.41) is 10.3. The van der Waals surface area contributed by atoms with Crippen LogP contribution in [0.25, 0.3) is 0 Å². The average Bonchev–Trinajstić information content (AvgIpc) is 2.90. The number of Topliss-reactive ketones (excluding diaryl/α,β-unsaturated/α-hetero) is 1. The smallest absolute Gasteiger partial charge is 0.207 e. The second kappa shape index (κ2) is 10.3. The number of aromatic nitrogens is 3. The van der Waals surface area contributed by atoms with Crippen molar-refractivity contribution in [3.63, 3.8) is 0 Å². The zero-order valence-corrected chi connectivity index (χ0v) is 11.4. The molecular formula is C14H21N3O2. The number of H-pyrrole nitrogens is 1. The predicted molar refractivity (Wildman–Crippen MR) is 72.4 cm³/mol. The zero-order chi connectivity index (χ0) is 13.8. The number of nitrogens with zero attached hydrogens (tertiary/aromatic N) is 2. The second-order valence-corrected chi connectivity index (χ2v) is 4.29. The van der Waals surface area contributed by atoms with Gasteiger partial charge in [-0.3, -0.25) is 9.89 Å². The third-order valence-corrected chi connectivity index (χ3v) is 2.68. The molecule has 0 spiro atoms. The molecule has 0 aliphatic rings. The third-order valence-electron chi connectivity index (χ3n) is 2.68. The van der Waals surface area contributed by atoms with E-state index in [2.05, 4.69) is 27.3 Å². The summed E-state index contributed by atoms with van der Waals surface area (Å²) in [6.07, 6.45) is 7.66. The van der Waals surface area contributed by atoms with Crippen molar-refractivity contribution in [3.05, 3.63) is 11.9 Å². The van der Waals surface area contributed by atoms with Crippen LogP contribution in [0.5, 0.6) is 0 Å². The van der Waals surface area contributed by atoms with Crippen LogP contribution in [-0.4, -0.2) is 34.4 Å². The van der Waals surface area contributed by atoms with E-state index in [0.717, 1.165) is 44.4 Å². The Bertz CT molecular complexity index is 404. The van der Waals surface area contributed by atoms with Crippen molar-refractivity contribution < 1.29 is 9.53 Å². The van der Waals surface area contributed by atoms with E-state index in [1.54, 1.807) is 6.92 Å². The molecule has 5 heteroatoms. The fourth-order valence-electron chi connectivity index (χ4n) is 1.68. The minimum atomic E-state index is -0.0462. The van der Waals surface area contributed by atoms with Gasteiger partial charge in [0.2, 0.25) is 5.78 Å². The summed E-state index contributed by atoms with van der Waals surface area (Å²) in [5.41, 5.74) is 1.02. The van der Waals surface area contributed by atoms with Gasteiger partial charge in [-0.1, -0.05) is 24.0 Å². The lowest BCUT2D eigenvalue weighted by Crippen LogP contribution is -2.03. The normalized spacial score (nSPS) is 9.95. The molecule has 1 rings (SSSR count). The Hall–Kier alpha value is -1.67. The quantitative estimate of drug-likeness (QED) is 0.398. The molecule has 0 atom stereocenters. The monoisotopic (exact) mass is 263 g/mol. The van der Waals surface area contributed by atoms with Crippen LogP contribution >= 0.6 is 0 Å². The summed E-state index contributed by atoms with van der Waals surface area (Å²) < 4.78 is 5.39. The van der Waals surface area contributed by atoms with Crippen molar-refractivity contribution in [3.8, 4) is 11.8 Å². The number of hydrogen-bond donors (Lipinski definition) is 1. The van der Waals surface area contributed by atoms with Gasteiger partial charge in [-0.05, 0) is 32.1 Å². The maximum Gasteiger partial charge on any atom is 0.207 e. The van der Waals surface area contributed by atoms with Gasteiger partial charge in [-0.15, -0.1) is 5.10 Å². The van der Waals surface area contributed by atoms with Crippen LogP contribution in [0.2, 0.25) is 0 Å². The number of unbranched alkanes of at least 4 members (excludes halogenated alkanes) is 3. The van der Waals surface area contributed by atoms with Crippen molar-refractivity contribution in [2.24, 2.45) is 0 Å². The molecule has 0 aliphatic heterocycles. The zero-order valence-electron chi connectivity index (χ0n) is 11.4. The summed E-state index contributed by atoms with van der Waals surface area (Å²) in [6, 6.07) is 0. The van der Waals surface area contributed by atoms with Crippen LogP contribution in [0.1, 0.15) is 44.7 Å². The van der Waals surface area contributed by atoms with Crippen LogP contribution in [0.15, 0.2) is 6.20 Å². The molecule has 0 amide bonds. The van der Waals surface area contributed by atoms with E-state index < -0.39 is 0 Å². The number of carbonyl (C=O) groups excluding carboxylic acids is 1. The highest BCUT2D eigenvalue weighted by Gasteiger charge is 1.98. The second-order valence-electron chi connectivity index (χ2n) is 4.29. The number of ether oxygens (including phenoxy) is 1. The van der Waals surface area contributed by atoms with E-state index in [-0.39, 0.29) is 5.78 Å². The summed E-state index contributed by atoms with van der Waals surface area (Å²) in [4.78, 5) is 11.1. The van der Waals surface area contributed by atoms with Crippen LogP contribution in [-0.2, 0) is 16.0 Å². The molecule has 0 aliphatic carbocycles. The van der Waals surface area contributed by atoms with Crippen molar-refractivity contribution in [2.75, 3.05) is 13.2 Å². The largest absolute Gasteiger partial charge is 0.381 e. The highest BCUT2D eigenvalue weighted by Crippen LogP contribution is 2.04. The Labute approximate surface area is 114 Å². The van der Waals surface area contributed by atoms with Gasteiger partial charge >= 0.3 is 0 Å². The Morgan fingerprint density at radius 2 is 2.16 bits per heavy atom. The van der Waals surface area contributed by atoms with Gasteiger partial charge in [-0.2, -0.15) is 0 Å². The fourth-order valence-corrected chi connectivity index (χ4v) is 1.68. The average molecular weight is 263 g/mol. The summed E-state index contributed by atoms with van der Waals surface area (Å²) in [7, 11) is 0. The summed E-state index contributed by atoms with van der Waals surface area (Å²) >= 11 is 0. The Morgan fingerprint density at radius 3 is 2.89 bits per heavy atom. The van der Waals surface area contributed by atoms with Gasteiger partial charge in [-0.25, -0.2) is 0 Å². The Morgan fingerprint density at radius 1 is 1.32 bits per heavy atom. The molecule has 1 aromatic heterocycles. The molecule has 1 N–H and O–H groups in total. The summed E-state index contributed by atoms with van der Waals surface area (Å²) in [5.74, 6) is 5.04. The highest BCUT2D eigenvalue weighted by molar-refractivity contribution is 5.95. The summed E-state index contributed by atoms with van der Waals surface area (Å²) in [6.45, 7) is 2.86. The predicted octanol–water partition coefficient (Wildman–Crippen LogP) is 1.91. The number of aryl methyl sites for hydroxylation is 1. The molecule has 0 fully saturated rings. The third kappa shape index (κ3) is 8.11. The molecule has 1 aromatic rings. The number of carbonyl (C=O) groups is 1. The van der Waals surface area contributed by atoms with E-state index in [1.807, 2.05) is 6.20 Å². The molecule has 1 heterocycles. The Balaban J connectivity index is 1.83. The Kier molecular flexibility index (Phi) is 8.32. The first-order chi connectivity index (χ1) is 9.33. The lowest BCUT2D eigenvalue weighted by Gasteiger charge is -2.02. The molecule has 19 heavy (non-hydrogen) atoms. The van der Waals surface area contributed by atoms with Crippen LogP contribution < -0.4 is 0 Å². The van der Waals surface area contributed by atoms with Crippen LogP contribution in [0.3, 0.4) is 0 Å². The van der Waals surface area contributed by atoms with E-state index in [0.29, 0.717) is 13.0 Å². The SMILES string of the molecule is CC#CC(=O)CCOCCCCCCc1c[nH]nn1. The number of rotatable bonds is 10. The highest BCUT2D eigenvalue weighted by atomic mass is 16.5. The maximum atomic E-state index is 11.1. The van der Waals surface area contributed by atoms with E-state index in [1.165, 1.54) is 0 Å². The first-order valence-electron chi connectivity index (χ1n) is 6.71. The van der Waals surface area contributed by atoms with Crippen LogP contribution in [0, 0.1) is 11.8 Å². The van der Waals surface area contributed by atoms with E-state index in [9.17, 15) is 4.79 Å². The van der Waals surface area contributed by atoms with Gasteiger partial charge in [0.05, 0.1) is 12.3 Å². The van der Waals surface area contributed by atoms with Crippen molar-refractivity contribution in [1.29, 1.82) is 0 Å². The maximum absolute atomic E-state index is 11.1. The van der Waals surface area contributed by atoms with Crippen molar-refractivity contribution in [2.45, 2.75) is 45.4 Å². The first kappa shape index (κ1) is 15.4. The van der Waals surface area contributed by atoms with Gasteiger partial charge < -0.3 is 4.74 Å². The lowest BCUT2D eigenvalue weighted by molar-refractivity contribution is -0.114. The lowest BCUT2D eigenvalue weighted by atomic mass is 10.1. The topological polar surface area (TPSA) is 67.9 Å². The van der Waals surface area contributed by atoms with Crippen molar-refractivity contribution >= 4 is 5.78 Å². The molecule has 0 aromatic carbocycles. The first-order valence-corrected chi connectivity index (χ1v) is 6.71. The molecule has 0 saturated carbocycles. The van der Waals surface area contributed by atoms with Crippen LogP contribution in [0.4, 0.5) is 0 Å². The van der Waals surface area contributed by atoms with Gasteiger partial charge in [0.25, 0.3) is 0 Å². The molecule has 0 bridgehead atoms. The fraction of sp³-hybridized carbons (Fsp3) is 0.643. The number of nitrogens with one attached hydrogen (secondary N) is 1. The molecule has 104 valence electrons. The molecular weight excluding hydrogens is 242 g/mol. The van der Waals surface area contributed by atoms with Gasteiger partial charge in [0.1, 0.15) is 0 Å². The minimum Gasteiger partial charge on any atom is -0.381 e. The minimum absolute atomic E-state index is 0.0462. The van der Waals surface area contributed by atoms with Gasteiger partial charge in [0.15, 0.2) is 0 Å². The standard InChI is InChI=1S/C14H21N3O2/c1-2-7-14(18)9-11-19-10-6-4-3-5-8-13-12-15-17-16-13/h12H,3-6,8-11H2,1H3,(H,15,16,17). The van der Waals surface area contributed by atoms with E-state index >= 15 is 0 Å². The molecule has 0 radical (unpaired) electrons. The number of ketones is 1.